The van der Waals surface area contributed by atoms with Crippen LogP contribution in [0.3, 0.4) is 0 Å². The van der Waals surface area contributed by atoms with E-state index in [-0.39, 0.29) is 24.1 Å². The SMILES string of the molecule is Cc1ccc(NC(=O)CC(C)NC2(CO)CCCC2)c(C)c1. The standard InChI is InChI=1S/C18H28N2O2/c1-13-6-7-16(14(2)10-13)19-17(22)11-15(3)20-18(12-21)8-4-5-9-18/h6-7,10,15,20-21H,4-5,8-9,11-12H2,1-3H3,(H,19,22). The largest absolute Gasteiger partial charge is 0.394 e. The van der Waals surface area contributed by atoms with Gasteiger partial charge in [0, 0.05) is 23.7 Å². The Morgan fingerprint density at radius 3 is 2.59 bits per heavy atom. The van der Waals surface area contributed by atoms with Crippen LogP contribution in [0.1, 0.15) is 50.2 Å². The quantitative estimate of drug-likeness (QED) is 0.757. The van der Waals surface area contributed by atoms with Gasteiger partial charge in [-0.2, -0.15) is 0 Å². The number of anilines is 1. The fraction of sp³-hybridized carbons (Fsp3) is 0.611. The normalized spacial score (nSPS) is 18.2. The molecule has 0 aliphatic heterocycles. The minimum absolute atomic E-state index is 0.0121. The summed E-state index contributed by atoms with van der Waals surface area (Å²) in [6.45, 7) is 6.21. The molecular formula is C18H28N2O2. The number of nitrogens with one attached hydrogen (secondary N) is 2. The Bertz CT molecular complexity index is 522. The molecule has 0 heterocycles. The van der Waals surface area contributed by atoms with E-state index in [2.05, 4.69) is 16.7 Å². The van der Waals surface area contributed by atoms with E-state index >= 15 is 0 Å². The molecule has 1 aliphatic rings. The predicted molar refractivity (Wildman–Crippen MR) is 90.0 cm³/mol. The Kier molecular flexibility index (Phi) is 5.59. The third-order valence-corrected chi connectivity index (χ3v) is 4.56. The van der Waals surface area contributed by atoms with Crippen LogP contribution in [0.2, 0.25) is 0 Å². The number of hydrogen-bond acceptors (Lipinski definition) is 3. The Balaban J connectivity index is 1.88. The Labute approximate surface area is 133 Å². The molecule has 3 N–H and O–H groups in total. The summed E-state index contributed by atoms with van der Waals surface area (Å²) in [5.41, 5.74) is 2.97. The number of carbonyl (C=O) groups is 1. The summed E-state index contributed by atoms with van der Waals surface area (Å²) in [6.07, 6.45) is 4.69. The molecule has 1 saturated carbocycles. The molecule has 1 unspecified atom stereocenters. The van der Waals surface area contributed by atoms with Crippen LogP contribution in [-0.4, -0.2) is 29.2 Å². The van der Waals surface area contributed by atoms with E-state index in [9.17, 15) is 9.90 Å². The van der Waals surface area contributed by atoms with Gasteiger partial charge in [0.1, 0.15) is 0 Å². The van der Waals surface area contributed by atoms with Crippen molar-refractivity contribution in [3.05, 3.63) is 29.3 Å². The number of aryl methyl sites for hydroxylation is 2. The molecular weight excluding hydrogens is 276 g/mol. The Morgan fingerprint density at radius 1 is 1.32 bits per heavy atom. The van der Waals surface area contributed by atoms with Gasteiger partial charge < -0.3 is 15.7 Å². The van der Waals surface area contributed by atoms with E-state index in [0.29, 0.717) is 6.42 Å². The maximum absolute atomic E-state index is 12.2. The molecule has 1 aliphatic carbocycles. The average Bonchev–Trinajstić information content (AvgIpc) is 2.91. The summed E-state index contributed by atoms with van der Waals surface area (Å²) in [5, 5.41) is 16.1. The van der Waals surface area contributed by atoms with E-state index in [1.165, 1.54) is 5.56 Å². The fourth-order valence-corrected chi connectivity index (χ4v) is 3.41. The number of amides is 1. The van der Waals surface area contributed by atoms with Crippen molar-refractivity contribution < 1.29 is 9.90 Å². The maximum atomic E-state index is 12.2. The smallest absolute Gasteiger partial charge is 0.225 e. The van der Waals surface area contributed by atoms with E-state index in [1.807, 2.05) is 32.9 Å². The van der Waals surface area contributed by atoms with Gasteiger partial charge in [-0.1, -0.05) is 30.5 Å². The van der Waals surface area contributed by atoms with Crippen molar-refractivity contribution in [3.8, 4) is 0 Å². The minimum Gasteiger partial charge on any atom is -0.394 e. The molecule has 0 radical (unpaired) electrons. The average molecular weight is 304 g/mol. The topological polar surface area (TPSA) is 61.4 Å². The first-order valence-corrected chi connectivity index (χ1v) is 8.20. The number of rotatable bonds is 6. The van der Waals surface area contributed by atoms with E-state index in [4.69, 9.17) is 0 Å². The molecule has 1 aromatic rings. The zero-order valence-electron chi connectivity index (χ0n) is 13.9. The van der Waals surface area contributed by atoms with Gasteiger partial charge in [0.05, 0.1) is 6.61 Å². The highest BCUT2D eigenvalue weighted by atomic mass is 16.3. The summed E-state index contributed by atoms with van der Waals surface area (Å²) >= 11 is 0. The first-order valence-electron chi connectivity index (χ1n) is 8.20. The number of hydrogen-bond donors (Lipinski definition) is 3. The third kappa shape index (κ3) is 4.31. The van der Waals surface area contributed by atoms with Gasteiger partial charge in [-0.25, -0.2) is 0 Å². The molecule has 1 amide bonds. The molecule has 22 heavy (non-hydrogen) atoms. The Morgan fingerprint density at radius 2 is 2.00 bits per heavy atom. The van der Waals surface area contributed by atoms with Crippen LogP contribution >= 0.6 is 0 Å². The van der Waals surface area contributed by atoms with Gasteiger partial charge in [-0.3, -0.25) is 4.79 Å². The second kappa shape index (κ2) is 7.25. The van der Waals surface area contributed by atoms with E-state index in [0.717, 1.165) is 36.9 Å². The van der Waals surface area contributed by atoms with Crippen molar-refractivity contribution in [1.82, 2.24) is 5.32 Å². The van der Waals surface area contributed by atoms with Gasteiger partial charge in [0.25, 0.3) is 0 Å². The van der Waals surface area contributed by atoms with Crippen molar-refractivity contribution in [1.29, 1.82) is 0 Å². The van der Waals surface area contributed by atoms with Crippen molar-refractivity contribution in [3.63, 3.8) is 0 Å². The first kappa shape index (κ1) is 17.0. The predicted octanol–water partition coefficient (Wildman–Crippen LogP) is 2.92. The molecule has 0 spiro atoms. The second-order valence-corrected chi connectivity index (χ2v) is 6.76. The fourth-order valence-electron chi connectivity index (χ4n) is 3.41. The summed E-state index contributed by atoms with van der Waals surface area (Å²) in [6, 6.07) is 6.07. The van der Waals surface area contributed by atoms with E-state index < -0.39 is 0 Å². The number of carbonyl (C=O) groups excluding carboxylic acids is 1. The second-order valence-electron chi connectivity index (χ2n) is 6.76. The van der Waals surface area contributed by atoms with Crippen molar-refractivity contribution in [2.24, 2.45) is 0 Å². The van der Waals surface area contributed by atoms with Gasteiger partial charge in [0.2, 0.25) is 5.91 Å². The summed E-state index contributed by atoms with van der Waals surface area (Å²) in [7, 11) is 0. The molecule has 122 valence electrons. The van der Waals surface area contributed by atoms with Crippen molar-refractivity contribution in [2.75, 3.05) is 11.9 Å². The van der Waals surface area contributed by atoms with Gasteiger partial charge >= 0.3 is 0 Å². The highest BCUT2D eigenvalue weighted by molar-refractivity contribution is 5.91. The van der Waals surface area contributed by atoms with Gasteiger partial charge in [-0.15, -0.1) is 0 Å². The van der Waals surface area contributed by atoms with Crippen LogP contribution in [0.25, 0.3) is 0 Å². The molecule has 2 rings (SSSR count). The molecule has 4 heteroatoms. The van der Waals surface area contributed by atoms with E-state index in [1.54, 1.807) is 0 Å². The molecule has 1 fully saturated rings. The van der Waals surface area contributed by atoms with Crippen LogP contribution in [0.4, 0.5) is 5.69 Å². The van der Waals surface area contributed by atoms with Crippen LogP contribution in [-0.2, 0) is 4.79 Å². The molecule has 1 aromatic carbocycles. The number of aliphatic hydroxyl groups is 1. The highest BCUT2D eigenvalue weighted by Crippen LogP contribution is 2.29. The van der Waals surface area contributed by atoms with Gasteiger partial charge in [-0.05, 0) is 45.2 Å². The Hall–Kier alpha value is -1.39. The zero-order chi connectivity index (χ0) is 16.2. The summed E-state index contributed by atoms with van der Waals surface area (Å²) < 4.78 is 0. The lowest BCUT2D eigenvalue weighted by Gasteiger charge is -2.31. The van der Waals surface area contributed by atoms with Crippen LogP contribution in [0.5, 0.6) is 0 Å². The van der Waals surface area contributed by atoms with Crippen molar-refractivity contribution in [2.45, 2.75) is 64.5 Å². The third-order valence-electron chi connectivity index (χ3n) is 4.56. The molecule has 0 aromatic heterocycles. The number of aliphatic hydroxyl groups excluding tert-OH is 1. The molecule has 4 nitrogen and oxygen atoms in total. The monoisotopic (exact) mass is 304 g/mol. The van der Waals surface area contributed by atoms with Crippen LogP contribution < -0.4 is 10.6 Å². The minimum atomic E-state index is -0.181. The lowest BCUT2D eigenvalue weighted by Crippen LogP contribution is -2.51. The maximum Gasteiger partial charge on any atom is 0.225 e. The van der Waals surface area contributed by atoms with Crippen molar-refractivity contribution >= 4 is 11.6 Å². The molecule has 0 saturated heterocycles. The summed E-state index contributed by atoms with van der Waals surface area (Å²) in [4.78, 5) is 12.2. The van der Waals surface area contributed by atoms with Crippen LogP contribution in [0, 0.1) is 13.8 Å². The molecule has 1 atom stereocenters. The van der Waals surface area contributed by atoms with Gasteiger partial charge in [0.15, 0.2) is 0 Å². The molecule has 0 bridgehead atoms. The first-order chi connectivity index (χ1) is 10.4. The number of benzene rings is 1. The zero-order valence-corrected chi connectivity index (χ0v) is 13.9. The lowest BCUT2D eigenvalue weighted by atomic mass is 9.97. The lowest BCUT2D eigenvalue weighted by molar-refractivity contribution is -0.116. The van der Waals surface area contributed by atoms with Crippen LogP contribution in [0.15, 0.2) is 18.2 Å². The highest BCUT2D eigenvalue weighted by Gasteiger charge is 2.34. The summed E-state index contributed by atoms with van der Waals surface area (Å²) in [5.74, 6) is 0.0121.